The quantitative estimate of drug-likeness (QED) is 0.159. The second-order valence-electron chi connectivity index (χ2n) is 7.87. The summed E-state index contributed by atoms with van der Waals surface area (Å²) in [4.78, 5) is 26.9. The molecular weight excluding hydrogens is 728 g/mol. The van der Waals surface area contributed by atoms with E-state index in [-0.39, 0.29) is 5.75 Å². The number of aromatic hydroxyl groups is 1. The van der Waals surface area contributed by atoms with E-state index < -0.39 is 23.6 Å². The molecular formula is C26H18Br4O6. The Morgan fingerprint density at radius 1 is 0.917 bits per heavy atom. The fourth-order valence-electron chi connectivity index (χ4n) is 3.98. The molecule has 10 heteroatoms. The molecule has 1 heterocycles. The zero-order chi connectivity index (χ0) is 26.1. The highest BCUT2D eigenvalue weighted by Gasteiger charge is 2.47. The van der Waals surface area contributed by atoms with E-state index in [1.807, 2.05) is 12.1 Å². The molecule has 2 atom stereocenters. The molecule has 6 nitrogen and oxygen atoms in total. The van der Waals surface area contributed by atoms with Gasteiger partial charge in [-0.15, -0.1) is 0 Å². The minimum atomic E-state index is -1.15. The Kier molecular flexibility index (Phi) is 8.28. The van der Waals surface area contributed by atoms with E-state index in [4.69, 9.17) is 14.2 Å². The number of phenolic OH excluding ortho intramolecular Hbond substituents is 1. The predicted octanol–water partition coefficient (Wildman–Crippen LogP) is 7.64. The monoisotopic (exact) mass is 742 g/mol. The van der Waals surface area contributed by atoms with Crippen molar-refractivity contribution < 1.29 is 28.9 Å². The molecule has 0 bridgehead atoms. The third-order valence-electron chi connectivity index (χ3n) is 5.70. The highest BCUT2D eigenvalue weighted by Crippen LogP contribution is 2.46. The van der Waals surface area contributed by atoms with Crippen LogP contribution in [0.15, 0.2) is 72.2 Å². The van der Waals surface area contributed by atoms with Gasteiger partial charge in [0.05, 0.1) is 38.0 Å². The molecule has 3 aromatic rings. The number of ether oxygens (including phenoxy) is 3. The normalized spacial score (nSPS) is 18.3. The van der Waals surface area contributed by atoms with Crippen molar-refractivity contribution in [1.29, 1.82) is 0 Å². The molecule has 0 saturated carbocycles. The number of esters is 1. The second kappa shape index (κ2) is 11.1. The number of halogens is 4. The SMILES string of the molecule is COc1ccc(/C=C2\OC(=O)[C@H](C(=O)c3cc(Br)c(OC)c(Br)c3)C2c2cc(Br)c(O)c(Br)c2)cc1. The van der Waals surface area contributed by atoms with E-state index in [0.717, 1.165) is 5.56 Å². The summed E-state index contributed by atoms with van der Waals surface area (Å²) >= 11 is 13.5. The van der Waals surface area contributed by atoms with Crippen molar-refractivity contribution in [3.05, 3.63) is 88.9 Å². The van der Waals surface area contributed by atoms with Gasteiger partial charge >= 0.3 is 5.97 Å². The van der Waals surface area contributed by atoms with Crippen molar-refractivity contribution in [2.75, 3.05) is 14.2 Å². The topological polar surface area (TPSA) is 82.1 Å². The lowest BCUT2D eigenvalue weighted by Gasteiger charge is -2.18. The lowest BCUT2D eigenvalue weighted by atomic mass is 9.81. The molecule has 0 amide bonds. The molecule has 186 valence electrons. The molecule has 1 saturated heterocycles. The van der Waals surface area contributed by atoms with Gasteiger partial charge in [0.25, 0.3) is 0 Å². The standard InChI is InChI=1S/C26H18Br4O6/c1-34-15-5-3-12(4-6-15)7-20-21(13-8-16(27)24(32)17(28)9-13)22(26(33)36-20)23(31)14-10-18(29)25(35-2)19(30)11-14/h3-11,21-22,32H,1-2H3/b20-7-/t21?,22-/m0/s1. The average Bonchev–Trinajstić information content (AvgIpc) is 3.17. The molecule has 4 rings (SSSR count). The maximum atomic E-state index is 13.8. The Hall–Kier alpha value is -2.14. The summed E-state index contributed by atoms with van der Waals surface area (Å²) < 4.78 is 18.2. The Morgan fingerprint density at radius 2 is 1.50 bits per heavy atom. The summed E-state index contributed by atoms with van der Waals surface area (Å²) in [7, 11) is 3.10. The molecule has 1 N–H and O–H groups in total. The number of carbonyl (C=O) groups is 2. The van der Waals surface area contributed by atoms with Crippen LogP contribution in [0.3, 0.4) is 0 Å². The van der Waals surface area contributed by atoms with E-state index in [0.29, 0.717) is 46.3 Å². The smallest absolute Gasteiger partial charge is 0.323 e. The van der Waals surface area contributed by atoms with Crippen LogP contribution in [-0.2, 0) is 9.53 Å². The molecule has 0 spiro atoms. The number of benzene rings is 3. The molecule has 1 fully saturated rings. The Labute approximate surface area is 241 Å². The minimum absolute atomic E-state index is 0.00979. The number of ketones is 1. The first kappa shape index (κ1) is 26.9. The summed E-state index contributed by atoms with van der Waals surface area (Å²) in [6, 6.07) is 13.8. The first-order chi connectivity index (χ1) is 17.1. The van der Waals surface area contributed by atoms with Crippen molar-refractivity contribution in [2.45, 2.75) is 5.92 Å². The van der Waals surface area contributed by atoms with Crippen molar-refractivity contribution >= 4 is 81.5 Å². The van der Waals surface area contributed by atoms with Gasteiger partial charge in [0, 0.05) is 5.56 Å². The van der Waals surface area contributed by atoms with Crippen molar-refractivity contribution in [2.24, 2.45) is 5.92 Å². The maximum absolute atomic E-state index is 13.8. The van der Waals surface area contributed by atoms with Gasteiger partial charge in [0.15, 0.2) is 5.78 Å². The predicted molar refractivity (Wildman–Crippen MR) is 150 cm³/mol. The number of rotatable bonds is 6. The van der Waals surface area contributed by atoms with E-state index in [1.165, 1.54) is 7.11 Å². The largest absolute Gasteiger partial charge is 0.506 e. The highest BCUT2D eigenvalue weighted by atomic mass is 79.9. The summed E-state index contributed by atoms with van der Waals surface area (Å²) in [5, 5.41) is 10.2. The van der Waals surface area contributed by atoms with Gasteiger partial charge in [-0.05, 0) is 117 Å². The Balaban J connectivity index is 1.84. The zero-order valence-corrected chi connectivity index (χ0v) is 25.2. The third kappa shape index (κ3) is 5.27. The van der Waals surface area contributed by atoms with E-state index in [2.05, 4.69) is 63.7 Å². The van der Waals surface area contributed by atoms with Crippen LogP contribution < -0.4 is 9.47 Å². The van der Waals surface area contributed by atoms with Crippen LogP contribution in [0.1, 0.15) is 27.4 Å². The summed E-state index contributed by atoms with van der Waals surface area (Å²) in [6.45, 7) is 0. The number of hydrogen-bond donors (Lipinski definition) is 1. The molecule has 0 aromatic heterocycles. The second-order valence-corrected chi connectivity index (χ2v) is 11.3. The fraction of sp³-hybridized carbons (Fsp3) is 0.154. The molecule has 0 radical (unpaired) electrons. The van der Waals surface area contributed by atoms with Gasteiger partial charge in [-0.1, -0.05) is 12.1 Å². The van der Waals surface area contributed by atoms with Gasteiger partial charge in [-0.25, -0.2) is 0 Å². The van der Waals surface area contributed by atoms with Gasteiger partial charge < -0.3 is 19.3 Å². The van der Waals surface area contributed by atoms with Gasteiger partial charge in [-0.3, -0.25) is 9.59 Å². The number of methoxy groups -OCH3 is 2. The van der Waals surface area contributed by atoms with E-state index in [1.54, 1.807) is 49.6 Å². The van der Waals surface area contributed by atoms with Crippen molar-refractivity contribution in [3.63, 3.8) is 0 Å². The van der Waals surface area contributed by atoms with E-state index in [9.17, 15) is 14.7 Å². The van der Waals surface area contributed by atoms with Gasteiger partial charge in [0.1, 0.15) is 28.9 Å². The molecule has 1 aliphatic rings. The van der Waals surface area contributed by atoms with Crippen molar-refractivity contribution in [3.8, 4) is 17.2 Å². The third-order valence-corrected chi connectivity index (χ3v) is 8.09. The minimum Gasteiger partial charge on any atom is -0.506 e. The van der Waals surface area contributed by atoms with Crippen LogP contribution in [0.4, 0.5) is 0 Å². The molecule has 36 heavy (non-hydrogen) atoms. The van der Waals surface area contributed by atoms with Crippen LogP contribution in [0.25, 0.3) is 6.08 Å². The first-order valence-electron chi connectivity index (χ1n) is 10.5. The molecule has 0 aliphatic carbocycles. The van der Waals surface area contributed by atoms with Gasteiger partial charge in [0.2, 0.25) is 0 Å². The summed E-state index contributed by atoms with van der Waals surface area (Å²) in [5.41, 5.74) is 1.69. The number of Topliss-reactive ketones (excluding diaryl/α,β-unsaturated/α-hetero) is 1. The number of hydrogen-bond acceptors (Lipinski definition) is 6. The van der Waals surface area contributed by atoms with Crippen molar-refractivity contribution in [1.82, 2.24) is 0 Å². The Bertz CT molecular complexity index is 1340. The highest BCUT2D eigenvalue weighted by molar-refractivity contribution is 9.11. The molecule has 1 unspecified atom stereocenters. The Morgan fingerprint density at radius 3 is 2.03 bits per heavy atom. The van der Waals surface area contributed by atoms with Crippen LogP contribution in [-0.4, -0.2) is 31.1 Å². The van der Waals surface area contributed by atoms with Crippen LogP contribution >= 0.6 is 63.7 Å². The van der Waals surface area contributed by atoms with E-state index >= 15 is 0 Å². The number of allylic oxidation sites excluding steroid dienone is 1. The average molecular weight is 746 g/mol. The van der Waals surface area contributed by atoms with Crippen LogP contribution in [0, 0.1) is 5.92 Å². The first-order valence-corrected chi connectivity index (χ1v) is 13.6. The summed E-state index contributed by atoms with van der Waals surface area (Å²) in [6.07, 6.45) is 1.73. The maximum Gasteiger partial charge on any atom is 0.323 e. The molecule has 3 aromatic carbocycles. The van der Waals surface area contributed by atoms with Crippen LogP contribution in [0.5, 0.6) is 17.2 Å². The number of carbonyl (C=O) groups excluding carboxylic acids is 2. The lowest BCUT2D eigenvalue weighted by Crippen LogP contribution is -2.25. The fourth-order valence-corrected chi connectivity index (χ4v) is 6.72. The summed E-state index contributed by atoms with van der Waals surface area (Å²) in [5.74, 6) is -1.41. The number of phenols is 1. The molecule has 1 aliphatic heterocycles. The van der Waals surface area contributed by atoms with Gasteiger partial charge in [-0.2, -0.15) is 0 Å². The zero-order valence-electron chi connectivity index (χ0n) is 18.9. The van der Waals surface area contributed by atoms with Crippen LogP contribution in [0.2, 0.25) is 0 Å². The lowest BCUT2D eigenvalue weighted by molar-refractivity contribution is -0.137. The number of cyclic esters (lactones) is 1.